The number of hydrogen-bond donors (Lipinski definition) is 0. The highest BCUT2D eigenvalue weighted by Crippen LogP contribution is 2.37. The predicted octanol–water partition coefficient (Wildman–Crippen LogP) is 4.06. The van der Waals surface area contributed by atoms with E-state index in [1.54, 1.807) is 0 Å². The lowest BCUT2D eigenvalue weighted by Crippen LogP contribution is -2.41. The minimum Gasteiger partial charge on any atom is -0.399 e. The largest absolute Gasteiger partial charge is 0.494 e. The van der Waals surface area contributed by atoms with Gasteiger partial charge in [0.15, 0.2) is 0 Å². The van der Waals surface area contributed by atoms with Gasteiger partial charge in [-0.05, 0) is 75.4 Å². The van der Waals surface area contributed by atoms with Crippen LogP contribution in [0.3, 0.4) is 0 Å². The Balaban J connectivity index is 1.91. The van der Waals surface area contributed by atoms with Gasteiger partial charge in [-0.3, -0.25) is 0 Å². The Hall–Kier alpha value is -0.795. The molecule has 3 rings (SSSR count). The maximum absolute atomic E-state index is 6.20. The summed E-state index contributed by atoms with van der Waals surface area (Å²) < 4.78 is 12.4. The fraction of sp³-hybridized carbons (Fsp3) is 0.684. The Kier molecular flexibility index (Phi) is 3.93. The predicted molar refractivity (Wildman–Crippen MR) is 92.7 cm³/mol. The van der Waals surface area contributed by atoms with Crippen LogP contribution in [0.5, 0.6) is 0 Å². The van der Waals surface area contributed by atoms with Gasteiger partial charge in [-0.2, -0.15) is 0 Å². The molecule has 0 N–H and O–H groups in total. The molecular weight excluding hydrogens is 271 g/mol. The summed E-state index contributed by atoms with van der Waals surface area (Å²) in [5, 5.41) is 0. The van der Waals surface area contributed by atoms with Crippen molar-refractivity contribution >= 4 is 12.6 Å². The molecule has 0 aromatic heterocycles. The summed E-state index contributed by atoms with van der Waals surface area (Å²) in [4.78, 5) is 0. The first-order valence-corrected chi connectivity index (χ1v) is 8.69. The summed E-state index contributed by atoms with van der Waals surface area (Å²) in [6, 6.07) is 6.84. The van der Waals surface area contributed by atoms with Crippen LogP contribution in [0.4, 0.5) is 0 Å². The summed E-state index contributed by atoms with van der Waals surface area (Å²) in [6.45, 7) is 13.2. The van der Waals surface area contributed by atoms with E-state index in [0.29, 0.717) is 5.92 Å². The van der Waals surface area contributed by atoms with Crippen molar-refractivity contribution in [1.29, 1.82) is 0 Å². The number of fused-ring (bicyclic) bond motifs is 1. The van der Waals surface area contributed by atoms with Gasteiger partial charge in [0.05, 0.1) is 11.2 Å². The van der Waals surface area contributed by atoms with Crippen molar-refractivity contribution in [2.24, 2.45) is 5.92 Å². The van der Waals surface area contributed by atoms with Crippen LogP contribution in [0.25, 0.3) is 0 Å². The lowest BCUT2D eigenvalue weighted by molar-refractivity contribution is 0.00578. The molecule has 0 amide bonds. The molecule has 2 nitrogen and oxygen atoms in total. The molecule has 1 aliphatic heterocycles. The van der Waals surface area contributed by atoms with E-state index >= 15 is 0 Å². The zero-order valence-electron chi connectivity index (χ0n) is 14.9. The summed E-state index contributed by atoms with van der Waals surface area (Å²) >= 11 is 0. The van der Waals surface area contributed by atoms with Gasteiger partial charge in [-0.1, -0.05) is 32.0 Å². The van der Waals surface area contributed by atoms with Gasteiger partial charge in [0.2, 0.25) is 0 Å². The standard InChI is InChI=1S/C19H29BO2/c1-13-8-7-9-15-12-16(10-11-17(15)14(13)2)20-21-18(3,4)19(5,6)22-20/h10-14H,7-9H2,1-6H3. The highest BCUT2D eigenvalue weighted by Gasteiger charge is 2.51. The molecule has 1 saturated heterocycles. The maximum atomic E-state index is 6.20. The number of benzene rings is 1. The fourth-order valence-electron chi connectivity index (χ4n) is 3.58. The summed E-state index contributed by atoms with van der Waals surface area (Å²) in [5.74, 6) is 1.41. The Morgan fingerprint density at radius 2 is 1.68 bits per heavy atom. The second kappa shape index (κ2) is 5.38. The van der Waals surface area contributed by atoms with Gasteiger partial charge in [-0.25, -0.2) is 0 Å². The number of rotatable bonds is 1. The number of aryl methyl sites for hydroxylation is 1. The lowest BCUT2D eigenvalue weighted by Gasteiger charge is -2.32. The average Bonchev–Trinajstić information content (AvgIpc) is 2.56. The highest BCUT2D eigenvalue weighted by atomic mass is 16.7. The molecule has 0 saturated carbocycles. The van der Waals surface area contributed by atoms with E-state index in [2.05, 4.69) is 59.7 Å². The molecule has 2 unspecified atom stereocenters. The van der Waals surface area contributed by atoms with E-state index in [0.717, 1.165) is 5.92 Å². The smallest absolute Gasteiger partial charge is 0.399 e. The fourth-order valence-corrected chi connectivity index (χ4v) is 3.58. The monoisotopic (exact) mass is 300 g/mol. The zero-order chi connectivity index (χ0) is 16.1. The van der Waals surface area contributed by atoms with Crippen molar-refractivity contribution in [3.05, 3.63) is 29.3 Å². The Morgan fingerprint density at radius 3 is 2.32 bits per heavy atom. The van der Waals surface area contributed by atoms with Crippen LogP contribution in [0, 0.1) is 5.92 Å². The van der Waals surface area contributed by atoms with Crippen LogP contribution >= 0.6 is 0 Å². The molecular formula is C19H29BO2. The molecule has 2 atom stereocenters. The molecule has 0 bridgehead atoms. The van der Waals surface area contributed by atoms with Gasteiger partial charge in [-0.15, -0.1) is 0 Å². The van der Waals surface area contributed by atoms with Crippen LogP contribution in [-0.2, 0) is 15.7 Å². The molecule has 1 aliphatic carbocycles. The molecule has 120 valence electrons. The quantitative estimate of drug-likeness (QED) is 0.575. The van der Waals surface area contributed by atoms with E-state index in [4.69, 9.17) is 9.31 Å². The second-order valence-corrected chi connectivity index (χ2v) is 8.20. The second-order valence-electron chi connectivity index (χ2n) is 8.20. The van der Waals surface area contributed by atoms with Crippen molar-refractivity contribution in [2.45, 2.75) is 77.9 Å². The first-order chi connectivity index (χ1) is 10.2. The van der Waals surface area contributed by atoms with Crippen LogP contribution in [0.1, 0.15) is 71.4 Å². The first-order valence-electron chi connectivity index (χ1n) is 8.69. The SMILES string of the molecule is CC1CCCc2cc(B3OC(C)(C)C(C)(C)O3)ccc2C1C. The summed E-state index contributed by atoms with van der Waals surface area (Å²) in [5.41, 5.74) is 3.63. The average molecular weight is 300 g/mol. The van der Waals surface area contributed by atoms with Gasteiger partial charge < -0.3 is 9.31 Å². The summed E-state index contributed by atoms with van der Waals surface area (Å²) in [6.07, 6.45) is 3.78. The third-order valence-corrected chi connectivity index (χ3v) is 6.14. The zero-order valence-corrected chi connectivity index (χ0v) is 14.9. The lowest BCUT2D eigenvalue weighted by atomic mass is 9.76. The molecule has 1 heterocycles. The minimum absolute atomic E-state index is 0.244. The van der Waals surface area contributed by atoms with E-state index in [1.165, 1.54) is 35.9 Å². The van der Waals surface area contributed by atoms with Gasteiger partial charge in [0.1, 0.15) is 0 Å². The molecule has 2 aliphatic rings. The Morgan fingerprint density at radius 1 is 1.05 bits per heavy atom. The molecule has 3 heteroatoms. The Bertz CT molecular complexity index is 549. The molecule has 1 aromatic carbocycles. The molecule has 22 heavy (non-hydrogen) atoms. The molecule has 1 aromatic rings. The number of hydrogen-bond acceptors (Lipinski definition) is 2. The van der Waals surface area contributed by atoms with Crippen molar-refractivity contribution in [3.8, 4) is 0 Å². The topological polar surface area (TPSA) is 18.5 Å². The van der Waals surface area contributed by atoms with Crippen molar-refractivity contribution < 1.29 is 9.31 Å². The first kappa shape index (κ1) is 16.1. The molecule has 0 spiro atoms. The maximum Gasteiger partial charge on any atom is 0.494 e. The highest BCUT2D eigenvalue weighted by molar-refractivity contribution is 6.62. The van der Waals surface area contributed by atoms with Crippen LogP contribution in [-0.4, -0.2) is 18.3 Å². The normalized spacial score (nSPS) is 30.0. The van der Waals surface area contributed by atoms with Crippen molar-refractivity contribution in [3.63, 3.8) is 0 Å². The summed E-state index contributed by atoms with van der Waals surface area (Å²) in [7, 11) is -0.244. The van der Waals surface area contributed by atoms with Crippen molar-refractivity contribution in [2.75, 3.05) is 0 Å². The van der Waals surface area contributed by atoms with Gasteiger partial charge in [0.25, 0.3) is 0 Å². The molecule has 1 fully saturated rings. The third-order valence-electron chi connectivity index (χ3n) is 6.14. The minimum atomic E-state index is -0.272. The van der Waals surface area contributed by atoms with Crippen LogP contribution in [0.2, 0.25) is 0 Å². The van der Waals surface area contributed by atoms with E-state index in [1.807, 2.05) is 0 Å². The van der Waals surface area contributed by atoms with E-state index in [9.17, 15) is 0 Å². The van der Waals surface area contributed by atoms with Crippen LogP contribution in [0.15, 0.2) is 18.2 Å². The molecule has 0 radical (unpaired) electrons. The van der Waals surface area contributed by atoms with Gasteiger partial charge >= 0.3 is 7.12 Å². The third kappa shape index (κ3) is 2.63. The van der Waals surface area contributed by atoms with E-state index < -0.39 is 0 Å². The van der Waals surface area contributed by atoms with Crippen molar-refractivity contribution in [1.82, 2.24) is 0 Å². The van der Waals surface area contributed by atoms with E-state index in [-0.39, 0.29) is 18.3 Å². The van der Waals surface area contributed by atoms with Crippen LogP contribution < -0.4 is 5.46 Å². The Labute approximate surface area is 135 Å². The van der Waals surface area contributed by atoms with Gasteiger partial charge in [0, 0.05) is 0 Å².